The molecule has 0 aromatic heterocycles. The van der Waals surface area contributed by atoms with Crippen molar-refractivity contribution in [3.05, 3.63) is 12.2 Å². The van der Waals surface area contributed by atoms with Crippen LogP contribution in [0.15, 0.2) is 12.2 Å². The molecule has 2 atom stereocenters. The van der Waals surface area contributed by atoms with E-state index in [-0.39, 0.29) is 12.3 Å². The van der Waals surface area contributed by atoms with E-state index in [1.165, 1.54) is 0 Å². The molecule has 12 heavy (non-hydrogen) atoms. The minimum Gasteiger partial charge on any atom is -0.349 e. The van der Waals surface area contributed by atoms with Crippen LogP contribution in [0, 0.1) is 0 Å². The summed E-state index contributed by atoms with van der Waals surface area (Å²) in [4.78, 5) is 4.93. The zero-order valence-corrected chi connectivity index (χ0v) is 7.78. The maximum atomic E-state index is 5.22. The molecular weight excluding hydrogens is 156 g/mol. The maximum absolute atomic E-state index is 5.22. The van der Waals surface area contributed by atoms with Crippen LogP contribution in [0.1, 0.15) is 0 Å². The first-order valence-corrected chi connectivity index (χ1v) is 4.02. The highest BCUT2D eigenvalue weighted by Gasteiger charge is 2.34. The lowest BCUT2D eigenvalue weighted by Gasteiger charge is -2.08. The number of likely N-dealkylation sites (N-methyl/N-ethyl adjacent to an activating group) is 2. The van der Waals surface area contributed by atoms with Crippen LogP contribution in [0.4, 0.5) is 0 Å². The maximum Gasteiger partial charge on any atom is 0.139 e. The Hall–Kier alpha value is -0.420. The standard InChI is InChI=1S/C8H16N2O2/c1-9-8-7(12-8)5-4-6-10(2)11-3/h4-5,7-9H,6H2,1-3H3/b5-4+. The first kappa shape index (κ1) is 9.67. The fraction of sp³-hybridized carbons (Fsp3) is 0.750. The minimum atomic E-state index is 0.217. The van der Waals surface area contributed by atoms with Gasteiger partial charge in [-0.15, -0.1) is 0 Å². The molecule has 1 heterocycles. The molecule has 1 aliphatic rings. The second kappa shape index (κ2) is 4.57. The van der Waals surface area contributed by atoms with Gasteiger partial charge in [-0.25, -0.2) is 0 Å². The lowest BCUT2D eigenvalue weighted by Crippen LogP contribution is -2.16. The summed E-state index contributed by atoms with van der Waals surface area (Å²) in [5.41, 5.74) is 0. The molecule has 0 aromatic carbocycles. The number of rotatable bonds is 5. The average molecular weight is 172 g/mol. The molecule has 2 unspecified atom stereocenters. The van der Waals surface area contributed by atoms with Crippen molar-refractivity contribution in [3.63, 3.8) is 0 Å². The van der Waals surface area contributed by atoms with E-state index in [1.54, 1.807) is 12.2 Å². The highest BCUT2D eigenvalue weighted by atomic mass is 16.7. The van der Waals surface area contributed by atoms with E-state index in [1.807, 2.05) is 26.2 Å². The largest absolute Gasteiger partial charge is 0.349 e. The quantitative estimate of drug-likeness (QED) is 0.359. The molecule has 4 nitrogen and oxygen atoms in total. The molecule has 0 aliphatic carbocycles. The van der Waals surface area contributed by atoms with E-state index in [0.717, 1.165) is 6.54 Å². The molecule has 0 radical (unpaired) electrons. The molecular formula is C8H16N2O2. The Balaban J connectivity index is 2.07. The van der Waals surface area contributed by atoms with E-state index in [2.05, 4.69) is 5.32 Å². The molecule has 0 saturated carbocycles. The van der Waals surface area contributed by atoms with E-state index < -0.39 is 0 Å². The van der Waals surface area contributed by atoms with Gasteiger partial charge in [-0.05, 0) is 7.05 Å². The molecule has 1 saturated heterocycles. The normalized spacial score (nSPS) is 28.7. The van der Waals surface area contributed by atoms with E-state index in [9.17, 15) is 0 Å². The third-order valence-corrected chi connectivity index (χ3v) is 1.81. The lowest BCUT2D eigenvalue weighted by atomic mass is 10.3. The van der Waals surface area contributed by atoms with Gasteiger partial charge in [0.05, 0.1) is 7.11 Å². The predicted octanol–water partition coefficient (Wildman–Crippen LogP) is -0.0199. The van der Waals surface area contributed by atoms with Crippen LogP contribution in [0.2, 0.25) is 0 Å². The molecule has 1 aliphatic heterocycles. The molecule has 0 bridgehead atoms. The predicted molar refractivity (Wildman–Crippen MR) is 46.5 cm³/mol. The summed E-state index contributed by atoms with van der Waals surface area (Å²) in [5.74, 6) is 0. The number of nitrogens with one attached hydrogen (secondary N) is 1. The summed E-state index contributed by atoms with van der Waals surface area (Å²) >= 11 is 0. The van der Waals surface area contributed by atoms with Crippen molar-refractivity contribution in [1.82, 2.24) is 10.4 Å². The first-order chi connectivity index (χ1) is 5.77. The monoisotopic (exact) mass is 172 g/mol. The summed E-state index contributed by atoms with van der Waals surface area (Å²) < 4.78 is 5.22. The Bertz CT molecular complexity index is 161. The van der Waals surface area contributed by atoms with Crippen molar-refractivity contribution in [2.45, 2.75) is 12.3 Å². The Morgan fingerprint density at radius 1 is 1.67 bits per heavy atom. The van der Waals surface area contributed by atoms with Crippen LogP contribution >= 0.6 is 0 Å². The first-order valence-electron chi connectivity index (χ1n) is 4.02. The van der Waals surface area contributed by atoms with Gasteiger partial charge in [-0.3, -0.25) is 5.32 Å². The summed E-state index contributed by atoms with van der Waals surface area (Å²) in [5, 5.41) is 4.77. The molecule has 1 fully saturated rings. The SMILES string of the molecule is CNC1OC1/C=C/CN(C)OC. The number of nitrogens with zero attached hydrogens (tertiary/aromatic N) is 1. The third kappa shape index (κ3) is 2.91. The number of ether oxygens (including phenoxy) is 1. The van der Waals surface area contributed by atoms with E-state index >= 15 is 0 Å². The second-order valence-corrected chi connectivity index (χ2v) is 2.73. The zero-order valence-electron chi connectivity index (χ0n) is 7.78. The van der Waals surface area contributed by atoms with Crippen molar-refractivity contribution in [2.75, 3.05) is 27.7 Å². The van der Waals surface area contributed by atoms with Crippen LogP contribution in [-0.2, 0) is 9.57 Å². The smallest absolute Gasteiger partial charge is 0.139 e. The van der Waals surface area contributed by atoms with Gasteiger partial charge in [-0.2, -0.15) is 5.06 Å². The van der Waals surface area contributed by atoms with Gasteiger partial charge >= 0.3 is 0 Å². The van der Waals surface area contributed by atoms with Crippen LogP contribution in [0.3, 0.4) is 0 Å². The Labute approximate surface area is 73.1 Å². The zero-order chi connectivity index (χ0) is 8.97. The molecule has 4 heteroatoms. The third-order valence-electron chi connectivity index (χ3n) is 1.81. The number of epoxide rings is 1. The van der Waals surface area contributed by atoms with E-state index in [0.29, 0.717) is 0 Å². The highest BCUT2D eigenvalue weighted by Crippen LogP contribution is 2.19. The van der Waals surface area contributed by atoms with Crippen molar-refractivity contribution in [3.8, 4) is 0 Å². The van der Waals surface area contributed by atoms with Gasteiger partial charge in [0.15, 0.2) is 0 Å². The van der Waals surface area contributed by atoms with Crippen molar-refractivity contribution in [1.29, 1.82) is 0 Å². The molecule has 1 N–H and O–H groups in total. The number of hydrogen-bond acceptors (Lipinski definition) is 4. The summed E-state index contributed by atoms with van der Waals surface area (Å²) in [6.45, 7) is 0.785. The highest BCUT2D eigenvalue weighted by molar-refractivity contribution is 5.01. The van der Waals surface area contributed by atoms with Crippen molar-refractivity contribution >= 4 is 0 Å². The minimum absolute atomic E-state index is 0.217. The summed E-state index contributed by atoms with van der Waals surface area (Å²) in [6, 6.07) is 0. The number of hydroxylamine groups is 2. The molecule has 0 spiro atoms. The van der Waals surface area contributed by atoms with Gasteiger partial charge in [0, 0.05) is 13.6 Å². The average Bonchev–Trinajstić information content (AvgIpc) is 2.83. The lowest BCUT2D eigenvalue weighted by molar-refractivity contribution is -0.0992. The van der Waals surface area contributed by atoms with Gasteiger partial charge < -0.3 is 9.57 Å². The summed E-state index contributed by atoms with van der Waals surface area (Å²) in [6.07, 6.45) is 4.54. The summed E-state index contributed by atoms with van der Waals surface area (Å²) in [7, 11) is 5.42. The number of hydrogen-bond donors (Lipinski definition) is 1. The van der Waals surface area contributed by atoms with Gasteiger partial charge in [0.25, 0.3) is 0 Å². The van der Waals surface area contributed by atoms with Gasteiger partial charge in [0.1, 0.15) is 12.3 Å². The molecule has 1 rings (SSSR count). The Morgan fingerprint density at radius 3 is 2.92 bits per heavy atom. The molecule has 0 aromatic rings. The molecule has 0 amide bonds. The topological polar surface area (TPSA) is 37.0 Å². The van der Waals surface area contributed by atoms with E-state index in [4.69, 9.17) is 9.57 Å². The Kier molecular flexibility index (Phi) is 3.68. The van der Waals surface area contributed by atoms with Crippen LogP contribution < -0.4 is 5.32 Å². The Morgan fingerprint density at radius 2 is 2.42 bits per heavy atom. The fourth-order valence-corrected chi connectivity index (χ4v) is 0.920. The van der Waals surface area contributed by atoms with Crippen LogP contribution in [0.5, 0.6) is 0 Å². The second-order valence-electron chi connectivity index (χ2n) is 2.73. The van der Waals surface area contributed by atoms with Crippen molar-refractivity contribution < 1.29 is 9.57 Å². The van der Waals surface area contributed by atoms with Crippen LogP contribution in [-0.4, -0.2) is 45.1 Å². The fourth-order valence-electron chi connectivity index (χ4n) is 0.920. The molecule has 70 valence electrons. The van der Waals surface area contributed by atoms with Crippen LogP contribution in [0.25, 0.3) is 0 Å². The van der Waals surface area contributed by atoms with Crippen molar-refractivity contribution in [2.24, 2.45) is 0 Å². The van der Waals surface area contributed by atoms with Gasteiger partial charge in [-0.1, -0.05) is 12.2 Å². The van der Waals surface area contributed by atoms with Gasteiger partial charge in [0.2, 0.25) is 0 Å².